The van der Waals surface area contributed by atoms with Gasteiger partial charge in [-0.3, -0.25) is 4.79 Å². The molecule has 0 saturated heterocycles. The fourth-order valence-corrected chi connectivity index (χ4v) is 1.77. The topological polar surface area (TPSA) is 59.0 Å². The number of nitrogens with one attached hydrogen (secondary N) is 2. The average molecular weight is 258 g/mol. The van der Waals surface area contributed by atoms with Gasteiger partial charge in [-0.1, -0.05) is 0 Å². The minimum Gasteiger partial charge on any atom is -0.326 e. The van der Waals surface area contributed by atoms with E-state index in [0.29, 0.717) is 6.42 Å². The molecule has 1 aromatic carbocycles. The van der Waals surface area contributed by atoms with Gasteiger partial charge < -0.3 is 10.6 Å². The van der Waals surface area contributed by atoms with Crippen LogP contribution in [-0.4, -0.2) is 29.3 Å². The van der Waals surface area contributed by atoms with Crippen molar-refractivity contribution in [1.82, 2.24) is 15.1 Å². The fraction of sp³-hybridized carbons (Fsp3) is 0.286. The highest BCUT2D eigenvalue weighted by atomic mass is 16.1. The third-order valence-electron chi connectivity index (χ3n) is 2.75. The normalized spacial score (nSPS) is 10.4. The van der Waals surface area contributed by atoms with Crippen LogP contribution in [0.2, 0.25) is 0 Å². The molecular weight excluding hydrogens is 240 g/mol. The van der Waals surface area contributed by atoms with E-state index in [1.807, 2.05) is 43.6 Å². The smallest absolute Gasteiger partial charge is 0.224 e. The van der Waals surface area contributed by atoms with Gasteiger partial charge in [-0.05, 0) is 50.3 Å². The summed E-state index contributed by atoms with van der Waals surface area (Å²) in [6.07, 6.45) is 4.98. The fourth-order valence-electron chi connectivity index (χ4n) is 1.77. The van der Waals surface area contributed by atoms with E-state index >= 15 is 0 Å². The number of carbonyl (C=O) groups excluding carboxylic acids is 1. The maximum atomic E-state index is 11.6. The van der Waals surface area contributed by atoms with Crippen LogP contribution in [0, 0.1) is 0 Å². The molecule has 0 spiro atoms. The number of hydrogen-bond acceptors (Lipinski definition) is 3. The van der Waals surface area contributed by atoms with E-state index in [0.717, 1.165) is 24.3 Å². The van der Waals surface area contributed by atoms with Crippen LogP contribution >= 0.6 is 0 Å². The summed E-state index contributed by atoms with van der Waals surface area (Å²) in [6.45, 7) is 0.853. The van der Waals surface area contributed by atoms with Crippen molar-refractivity contribution in [2.75, 3.05) is 18.9 Å². The van der Waals surface area contributed by atoms with Crippen molar-refractivity contribution in [3.05, 3.63) is 42.7 Å². The van der Waals surface area contributed by atoms with Crippen LogP contribution in [0.4, 0.5) is 5.69 Å². The van der Waals surface area contributed by atoms with Crippen molar-refractivity contribution in [3.8, 4) is 5.69 Å². The lowest BCUT2D eigenvalue weighted by Crippen LogP contribution is -2.15. The summed E-state index contributed by atoms with van der Waals surface area (Å²) in [7, 11) is 1.88. The minimum absolute atomic E-state index is 0.0436. The first-order valence-corrected chi connectivity index (χ1v) is 6.34. The standard InChI is InChI=1S/C14H18N4O/c1-15-9-2-4-14(19)17-12-5-7-13(8-6-12)18-11-3-10-16-18/h3,5-8,10-11,15H,2,4,9H2,1H3,(H,17,19). The van der Waals surface area contributed by atoms with Crippen molar-refractivity contribution in [2.24, 2.45) is 0 Å². The summed E-state index contributed by atoms with van der Waals surface area (Å²) in [4.78, 5) is 11.6. The number of aromatic nitrogens is 2. The summed E-state index contributed by atoms with van der Waals surface area (Å²) >= 11 is 0. The molecule has 1 aromatic heterocycles. The van der Waals surface area contributed by atoms with Gasteiger partial charge in [0.2, 0.25) is 5.91 Å². The summed E-state index contributed by atoms with van der Waals surface area (Å²) in [5, 5.41) is 10.0. The summed E-state index contributed by atoms with van der Waals surface area (Å²) < 4.78 is 1.78. The maximum absolute atomic E-state index is 11.6. The van der Waals surface area contributed by atoms with E-state index in [1.54, 1.807) is 10.9 Å². The Morgan fingerprint density at radius 1 is 1.32 bits per heavy atom. The van der Waals surface area contributed by atoms with Crippen molar-refractivity contribution >= 4 is 11.6 Å². The van der Waals surface area contributed by atoms with Gasteiger partial charge in [-0.2, -0.15) is 5.10 Å². The number of amides is 1. The van der Waals surface area contributed by atoms with Crippen LogP contribution in [0.15, 0.2) is 42.7 Å². The van der Waals surface area contributed by atoms with E-state index < -0.39 is 0 Å². The highest BCUT2D eigenvalue weighted by Crippen LogP contribution is 2.12. The molecule has 5 heteroatoms. The molecule has 2 aromatic rings. The maximum Gasteiger partial charge on any atom is 0.224 e. The lowest BCUT2D eigenvalue weighted by molar-refractivity contribution is -0.116. The van der Waals surface area contributed by atoms with Gasteiger partial charge in [0.25, 0.3) is 0 Å². The van der Waals surface area contributed by atoms with Gasteiger partial charge in [0.15, 0.2) is 0 Å². The molecule has 0 unspecified atom stereocenters. The molecule has 100 valence electrons. The van der Waals surface area contributed by atoms with Crippen molar-refractivity contribution in [1.29, 1.82) is 0 Å². The molecule has 0 saturated carbocycles. The number of anilines is 1. The Balaban J connectivity index is 1.90. The Hall–Kier alpha value is -2.14. The Kier molecular flexibility index (Phi) is 4.69. The quantitative estimate of drug-likeness (QED) is 0.777. The average Bonchev–Trinajstić information content (AvgIpc) is 2.94. The lowest BCUT2D eigenvalue weighted by Gasteiger charge is -2.06. The molecule has 0 atom stereocenters. The zero-order chi connectivity index (χ0) is 13.5. The zero-order valence-electron chi connectivity index (χ0n) is 11.0. The molecule has 2 N–H and O–H groups in total. The molecule has 1 amide bonds. The Labute approximate surface area is 112 Å². The van der Waals surface area contributed by atoms with Crippen LogP contribution < -0.4 is 10.6 Å². The highest BCUT2D eigenvalue weighted by Gasteiger charge is 2.02. The molecular formula is C14H18N4O. The van der Waals surface area contributed by atoms with Gasteiger partial charge in [-0.15, -0.1) is 0 Å². The van der Waals surface area contributed by atoms with E-state index in [4.69, 9.17) is 0 Å². The first-order chi connectivity index (χ1) is 9.29. The number of nitrogens with zero attached hydrogens (tertiary/aromatic N) is 2. The second-order valence-corrected chi connectivity index (χ2v) is 4.25. The predicted molar refractivity (Wildman–Crippen MR) is 75.4 cm³/mol. The molecule has 0 aliphatic heterocycles. The van der Waals surface area contributed by atoms with Crippen LogP contribution in [0.3, 0.4) is 0 Å². The Bertz CT molecular complexity index is 505. The molecule has 19 heavy (non-hydrogen) atoms. The highest BCUT2D eigenvalue weighted by molar-refractivity contribution is 5.90. The molecule has 5 nitrogen and oxygen atoms in total. The summed E-state index contributed by atoms with van der Waals surface area (Å²) in [5.74, 6) is 0.0436. The van der Waals surface area contributed by atoms with E-state index in [1.165, 1.54) is 0 Å². The van der Waals surface area contributed by atoms with Crippen LogP contribution in [-0.2, 0) is 4.79 Å². The van der Waals surface area contributed by atoms with Gasteiger partial charge in [0, 0.05) is 24.5 Å². The molecule has 0 aliphatic rings. The van der Waals surface area contributed by atoms with E-state index in [2.05, 4.69) is 15.7 Å². The molecule has 0 radical (unpaired) electrons. The van der Waals surface area contributed by atoms with Crippen LogP contribution in [0.5, 0.6) is 0 Å². The monoisotopic (exact) mass is 258 g/mol. The van der Waals surface area contributed by atoms with Crippen molar-refractivity contribution in [3.63, 3.8) is 0 Å². The third kappa shape index (κ3) is 3.93. The first-order valence-electron chi connectivity index (χ1n) is 6.34. The number of carbonyl (C=O) groups is 1. The minimum atomic E-state index is 0.0436. The zero-order valence-corrected chi connectivity index (χ0v) is 11.0. The molecule has 1 heterocycles. The van der Waals surface area contributed by atoms with Crippen LogP contribution in [0.1, 0.15) is 12.8 Å². The van der Waals surface area contributed by atoms with Gasteiger partial charge >= 0.3 is 0 Å². The van der Waals surface area contributed by atoms with Gasteiger partial charge in [-0.25, -0.2) is 4.68 Å². The Morgan fingerprint density at radius 3 is 2.74 bits per heavy atom. The predicted octanol–water partition coefficient (Wildman–Crippen LogP) is 1.81. The molecule has 2 rings (SSSR count). The molecule has 0 aliphatic carbocycles. The van der Waals surface area contributed by atoms with Crippen molar-refractivity contribution < 1.29 is 4.79 Å². The number of benzene rings is 1. The van der Waals surface area contributed by atoms with Crippen LogP contribution in [0.25, 0.3) is 5.69 Å². The number of rotatable bonds is 6. The summed E-state index contributed by atoms with van der Waals surface area (Å²) in [5.41, 5.74) is 1.78. The Morgan fingerprint density at radius 2 is 2.11 bits per heavy atom. The second kappa shape index (κ2) is 6.70. The third-order valence-corrected chi connectivity index (χ3v) is 2.75. The largest absolute Gasteiger partial charge is 0.326 e. The SMILES string of the molecule is CNCCCC(=O)Nc1ccc(-n2cccn2)cc1. The van der Waals surface area contributed by atoms with E-state index in [-0.39, 0.29) is 5.91 Å². The molecule has 0 fully saturated rings. The summed E-state index contributed by atoms with van der Waals surface area (Å²) in [6, 6.07) is 9.49. The molecule has 0 bridgehead atoms. The lowest BCUT2D eigenvalue weighted by atomic mass is 10.2. The number of hydrogen-bond donors (Lipinski definition) is 2. The van der Waals surface area contributed by atoms with Gasteiger partial charge in [0.05, 0.1) is 5.69 Å². The first kappa shape index (κ1) is 13.3. The van der Waals surface area contributed by atoms with Gasteiger partial charge in [0.1, 0.15) is 0 Å². The van der Waals surface area contributed by atoms with Crippen molar-refractivity contribution in [2.45, 2.75) is 12.8 Å². The van der Waals surface area contributed by atoms with E-state index in [9.17, 15) is 4.79 Å². The second-order valence-electron chi connectivity index (χ2n) is 4.25.